The van der Waals surface area contributed by atoms with Crippen molar-refractivity contribution < 1.29 is 4.74 Å². The first kappa shape index (κ1) is 14.0. The van der Waals surface area contributed by atoms with Gasteiger partial charge >= 0.3 is 0 Å². The van der Waals surface area contributed by atoms with Crippen LogP contribution in [0.15, 0.2) is 0 Å². The molecule has 1 unspecified atom stereocenters. The van der Waals surface area contributed by atoms with Gasteiger partial charge in [-0.25, -0.2) is 0 Å². The minimum atomic E-state index is 0.370. The number of rotatable bonds is 7. The summed E-state index contributed by atoms with van der Waals surface area (Å²) in [6.45, 7) is 5.50. The van der Waals surface area contributed by atoms with Crippen molar-refractivity contribution in [3.05, 3.63) is 0 Å². The van der Waals surface area contributed by atoms with Gasteiger partial charge in [-0.1, -0.05) is 39.0 Å². The van der Waals surface area contributed by atoms with Crippen LogP contribution in [0.3, 0.4) is 0 Å². The largest absolute Gasteiger partial charge is 0.383 e. The normalized spacial score (nSPS) is 21.9. The smallest absolute Gasteiger partial charge is 0.0616 e. The number of hydrogen-bond donors (Lipinski definition) is 1. The molecular weight excluding hydrogens is 198 g/mol. The highest BCUT2D eigenvalue weighted by atomic mass is 16.5. The Bertz CT molecular complexity index is 176. The Morgan fingerprint density at radius 1 is 1.25 bits per heavy atom. The van der Waals surface area contributed by atoms with Crippen molar-refractivity contribution in [1.82, 2.24) is 5.32 Å². The van der Waals surface area contributed by atoms with Crippen LogP contribution in [-0.2, 0) is 4.74 Å². The van der Waals surface area contributed by atoms with Crippen molar-refractivity contribution in [3.63, 3.8) is 0 Å². The summed E-state index contributed by atoms with van der Waals surface area (Å²) in [5.41, 5.74) is 0.370. The molecule has 0 aliphatic heterocycles. The second-order valence-electron chi connectivity index (χ2n) is 5.56. The molecule has 2 heteroatoms. The lowest BCUT2D eigenvalue weighted by atomic mass is 9.82. The van der Waals surface area contributed by atoms with Gasteiger partial charge in [0.1, 0.15) is 0 Å². The molecule has 1 fully saturated rings. The van der Waals surface area contributed by atoms with Crippen molar-refractivity contribution >= 4 is 0 Å². The Hall–Kier alpha value is -0.0800. The zero-order valence-electron chi connectivity index (χ0n) is 11.3. The Kier molecular flexibility index (Phi) is 6.37. The minimum Gasteiger partial charge on any atom is -0.383 e. The van der Waals surface area contributed by atoms with Gasteiger partial charge in [-0.15, -0.1) is 0 Å². The molecule has 1 aliphatic carbocycles. The average molecular weight is 227 g/mol. The average Bonchev–Trinajstić information content (AvgIpc) is 2.27. The highest BCUT2D eigenvalue weighted by Gasteiger charge is 2.28. The van der Waals surface area contributed by atoms with Gasteiger partial charge in [-0.05, 0) is 26.2 Å². The number of unbranched alkanes of at least 4 members (excludes halogenated alkanes) is 1. The monoisotopic (exact) mass is 227 g/mol. The lowest BCUT2D eigenvalue weighted by Crippen LogP contribution is -2.50. The molecule has 0 radical (unpaired) electrons. The minimum absolute atomic E-state index is 0.370. The van der Waals surface area contributed by atoms with Crippen LogP contribution in [-0.4, -0.2) is 25.3 Å². The van der Waals surface area contributed by atoms with Crippen LogP contribution in [0.25, 0.3) is 0 Å². The zero-order valence-corrected chi connectivity index (χ0v) is 11.3. The third kappa shape index (κ3) is 4.84. The number of methoxy groups -OCH3 is 1. The maximum atomic E-state index is 5.33. The van der Waals surface area contributed by atoms with E-state index in [2.05, 4.69) is 19.2 Å². The summed E-state index contributed by atoms with van der Waals surface area (Å²) in [5.74, 6) is 0. The third-order valence-corrected chi connectivity index (χ3v) is 3.78. The van der Waals surface area contributed by atoms with E-state index in [-0.39, 0.29) is 0 Å². The van der Waals surface area contributed by atoms with Gasteiger partial charge in [0.15, 0.2) is 0 Å². The zero-order chi connectivity index (χ0) is 11.9. The van der Waals surface area contributed by atoms with E-state index in [9.17, 15) is 0 Å². The van der Waals surface area contributed by atoms with Gasteiger partial charge < -0.3 is 10.1 Å². The molecule has 1 atom stereocenters. The first-order chi connectivity index (χ1) is 7.70. The van der Waals surface area contributed by atoms with Crippen LogP contribution in [0.1, 0.15) is 65.2 Å². The SMILES string of the molecule is CCCCC(COC)NC1(C)CCCCC1. The van der Waals surface area contributed by atoms with Crippen molar-refractivity contribution in [3.8, 4) is 0 Å². The fraction of sp³-hybridized carbons (Fsp3) is 1.00. The molecule has 0 amide bonds. The predicted molar refractivity (Wildman–Crippen MR) is 69.8 cm³/mol. The highest BCUT2D eigenvalue weighted by Crippen LogP contribution is 2.28. The van der Waals surface area contributed by atoms with Gasteiger partial charge in [-0.3, -0.25) is 0 Å². The van der Waals surface area contributed by atoms with E-state index in [0.717, 1.165) is 6.61 Å². The van der Waals surface area contributed by atoms with E-state index in [1.807, 2.05) is 7.11 Å². The summed E-state index contributed by atoms with van der Waals surface area (Å²) in [5, 5.41) is 3.84. The van der Waals surface area contributed by atoms with Crippen molar-refractivity contribution in [2.75, 3.05) is 13.7 Å². The lowest BCUT2D eigenvalue weighted by molar-refractivity contribution is 0.128. The molecule has 0 aromatic heterocycles. The molecule has 0 spiro atoms. The number of nitrogens with one attached hydrogen (secondary N) is 1. The summed E-state index contributed by atoms with van der Waals surface area (Å²) < 4.78 is 5.33. The van der Waals surface area contributed by atoms with Crippen LogP contribution in [0.5, 0.6) is 0 Å². The van der Waals surface area contributed by atoms with Crippen molar-refractivity contribution in [1.29, 1.82) is 0 Å². The van der Waals surface area contributed by atoms with Gasteiger partial charge in [-0.2, -0.15) is 0 Å². The molecule has 0 bridgehead atoms. The van der Waals surface area contributed by atoms with E-state index in [1.165, 1.54) is 51.4 Å². The molecule has 1 saturated carbocycles. The lowest BCUT2D eigenvalue weighted by Gasteiger charge is -2.38. The summed E-state index contributed by atoms with van der Waals surface area (Å²) in [6, 6.07) is 0.549. The molecule has 16 heavy (non-hydrogen) atoms. The van der Waals surface area contributed by atoms with E-state index >= 15 is 0 Å². The number of hydrogen-bond acceptors (Lipinski definition) is 2. The van der Waals surface area contributed by atoms with Crippen LogP contribution in [0.4, 0.5) is 0 Å². The fourth-order valence-electron chi connectivity index (χ4n) is 2.82. The maximum Gasteiger partial charge on any atom is 0.0616 e. The molecule has 96 valence electrons. The molecule has 0 saturated heterocycles. The Morgan fingerprint density at radius 2 is 1.94 bits per heavy atom. The Balaban J connectivity index is 2.38. The highest BCUT2D eigenvalue weighted by molar-refractivity contribution is 4.89. The van der Waals surface area contributed by atoms with Crippen molar-refractivity contribution in [2.45, 2.75) is 76.8 Å². The van der Waals surface area contributed by atoms with E-state index in [4.69, 9.17) is 4.74 Å². The second-order valence-corrected chi connectivity index (χ2v) is 5.56. The Morgan fingerprint density at radius 3 is 2.50 bits per heavy atom. The molecule has 0 heterocycles. The summed E-state index contributed by atoms with van der Waals surface area (Å²) >= 11 is 0. The van der Waals surface area contributed by atoms with Crippen LogP contribution in [0, 0.1) is 0 Å². The molecule has 1 aliphatic rings. The first-order valence-electron chi connectivity index (χ1n) is 6.97. The quantitative estimate of drug-likeness (QED) is 0.718. The molecule has 2 nitrogen and oxygen atoms in total. The molecule has 1 N–H and O–H groups in total. The standard InChI is InChI=1S/C14H29NO/c1-4-5-9-13(12-16-3)15-14(2)10-7-6-8-11-14/h13,15H,4-12H2,1-3H3. The summed E-state index contributed by atoms with van der Waals surface area (Å²) in [7, 11) is 1.81. The summed E-state index contributed by atoms with van der Waals surface area (Å²) in [6.07, 6.45) is 10.7. The maximum absolute atomic E-state index is 5.33. The van der Waals surface area contributed by atoms with Gasteiger partial charge in [0.05, 0.1) is 6.61 Å². The van der Waals surface area contributed by atoms with Crippen LogP contribution in [0.2, 0.25) is 0 Å². The fourth-order valence-corrected chi connectivity index (χ4v) is 2.82. The van der Waals surface area contributed by atoms with Crippen LogP contribution < -0.4 is 5.32 Å². The van der Waals surface area contributed by atoms with E-state index < -0.39 is 0 Å². The topological polar surface area (TPSA) is 21.3 Å². The molecular formula is C14H29NO. The second kappa shape index (κ2) is 7.29. The van der Waals surface area contributed by atoms with Gasteiger partial charge in [0.25, 0.3) is 0 Å². The summed E-state index contributed by atoms with van der Waals surface area (Å²) in [4.78, 5) is 0. The molecule has 0 aromatic carbocycles. The van der Waals surface area contributed by atoms with Crippen molar-refractivity contribution in [2.24, 2.45) is 0 Å². The molecule has 0 aromatic rings. The predicted octanol–water partition coefficient (Wildman–Crippen LogP) is 3.50. The Labute approximate surface area is 101 Å². The third-order valence-electron chi connectivity index (χ3n) is 3.78. The van der Waals surface area contributed by atoms with Gasteiger partial charge in [0, 0.05) is 18.7 Å². The first-order valence-corrected chi connectivity index (χ1v) is 6.97. The molecule has 1 rings (SSSR count). The number of ether oxygens (including phenoxy) is 1. The van der Waals surface area contributed by atoms with E-state index in [0.29, 0.717) is 11.6 Å². The van der Waals surface area contributed by atoms with Gasteiger partial charge in [0.2, 0.25) is 0 Å². The van der Waals surface area contributed by atoms with E-state index in [1.54, 1.807) is 0 Å². The van der Waals surface area contributed by atoms with Crippen LogP contribution >= 0.6 is 0 Å².